The van der Waals surface area contributed by atoms with Gasteiger partial charge in [-0.05, 0) is 54.3 Å². The third-order valence-corrected chi connectivity index (χ3v) is 6.26. The van der Waals surface area contributed by atoms with Crippen molar-refractivity contribution >= 4 is 25.5 Å². The number of hydrogen-bond donors (Lipinski definition) is 1. The third kappa shape index (κ3) is 6.47. The minimum Gasteiger partial charge on any atom is -0.483 e. The van der Waals surface area contributed by atoms with Crippen LogP contribution < -0.4 is 4.74 Å². The Morgan fingerprint density at radius 3 is 2.58 bits per heavy atom. The van der Waals surface area contributed by atoms with Crippen molar-refractivity contribution in [1.82, 2.24) is 9.80 Å². The molecule has 0 radical (unpaired) electrons. The first-order valence-corrected chi connectivity index (χ1v) is 11.8. The molecule has 1 fully saturated rings. The summed E-state index contributed by atoms with van der Waals surface area (Å²) in [5.41, 5.74) is 1.52. The zero-order valence-corrected chi connectivity index (χ0v) is 19.2. The maximum atomic E-state index is 13.1. The molecule has 166 valence electrons. The van der Waals surface area contributed by atoms with E-state index < -0.39 is 8.03 Å². The number of ether oxygens (including phenoxy) is 1. The van der Waals surface area contributed by atoms with Gasteiger partial charge in [0.25, 0.3) is 5.91 Å². The van der Waals surface area contributed by atoms with Crippen molar-refractivity contribution < 1.29 is 23.4 Å². The lowest BCUT2D eigenvalue weighted by Crippen LogP contribution is -2.58. The number of amides is 1. The van der Waals surface area contributed by atoms with E-state index in [2.05, 4.69) is 11.8 Å². The van der Waals surface area contributed by atoms with Crippen molar-refractivity contribution in [3.63, 3.8) is 0 Å². The molecule has 0 aliphatic carbocycles. The number of piperazine rings is 1. The fraction of sp³-hybridized carbons (Fsp3) is 0.409. The quantitative estimate of drug-likeness (QED) is 0.618. The van der Waals surface area contributed by atoms with E-state index in [1.165, 1.54) is 12.1 Å². The molecule has 1 aliphatic heterocycles. The van der Waals surface area contributed by atoms with E-state index in [-0.39, 0.29) is 36.6 Å². The standard InChI is InChI=1S/C22H25ClFN2O4P/c1-15-11-26(16(2)10-25(15)12-17-3-6-20(24)7-4-17)22(27)13-30-21-8-5-19(23)9-18(21)14-31(28)29/h3-9,15-16H,10-14H2,1-2H3/p+1/t15-,16+/m0/s1. The van der Waals surface area contributed by atoms with Crippen molar-refractivity contribution in [3.8, 4) is 5.75 Å². The second-order valence-corrected chi connectivity index (χ2v) is 9.31. The van der Waals surface area contributed by atoms with Crippen molar-refractivity contribution in [3.05, 3.63) is 64.4 Å². The van der Waals surface area contributed by atoms with Gasteiger partial charge in [-0.25, -0.2) is 4.39 Å². The summed E-state index contributed by atoms with van der Waals surface area (Å²) in [5, 5.41) is 0.435. The molecule has 0 spiro atoms. The number of rotatable bonds is 7. The minimum absolute atomic E-state index is 0.00985. The molecule has 2 aromatic rings. The average Bonchev–Trinajstić information content (AvgIpc) is 2.71. The first kappa shape index (κ1) is 23.6. The number of carbonyl (C=O) groups excluding carboxylic acids is 1. The first-order valence-electron chi connectivity index (χ1n) is 10.1. The summed E-state index contributed by atoms with van der Waals surface area (Å²) in [7, 11) is -2.40. The van der Waals surface area contributed by atoms with Gasteiger partial charge < -0.3 is 9.64 Å². The lowest BCUT2D eigenvalue weighted by Gasteiger charge is -2.44. The van der Waals surface area contributed by atoms with Gasteiger partial charge in [-0.1, -0.05) is 23.7 Å². The highest BCUT2D eigenvalue weighted by Crippen LogP contribution is 2.31. The van der Waals surface area contributed by atoms with Crippen molar-refractivity contribution in [2.75, 3.05) is 19.7 Å². The molecule has 6 nitrogen and oxygen atoms in total. The van der Waals surface area contributed by atoms with E-state index in [0.29, 0.717) is 36.0 Å². The zero-order valence-electron chi connectivity index (χ0n) is 17.5. The Labute approximate surface area is 187 Å². The van der Waals surface area contributed by atoms with E-state index >= 15 is 0 Å². The molecule has 3 rings (SSSR count). The van der Waals surface area contributed by atoms with Gasteiger partial charge in [-0.15, -0.1) is 0 Å². The fourth-order valence-corrected chi connectivity index (χ4v) is 4.50. The van der Waals surface area contributed by atoms with Crippen LogP contribution in [0.3, 0.4) is 0 Å². The van der Waals surface area contributed by atoms with Gasteiger partial charge in [0.1, 0.15) is 11.6 Å². The monoisotopic (exact) mass is 467 g/mol. The van der Waals surface area contributed by atoms with E-state index in [1.807, 2.05) is 6.92 Å². The van der Waals surface area contributed by atoms with Crippen LogP contribution >= 0.6 is 19.6 Å². The van der Waals surface area contributed by atoms with Crippen LogP contribution in [0, 0.1) is 5.82 Å². The SMILES string of the molecule is C[C@@H]1CN(Cc2ccc(F)cc2)[C@@H](C)CN1C(=O)COc1ccc(Cl)cc1C[P+](=O)O. The highest BCUT2D eigenvalue weighted by molar-refractivity contribution is 7.37. The summed E-state index contributed by atoms with van der Waals surface area (Å²) in [4.78, 5) is 26.1. The molecule has 2 aromatic carbocycles. The van der Waals surface area contributed by atoms with Crippen molar-refractivity contribution in [2.45, 2.75) is 38.6 Å². The largest absolute Gasteiger partial charge is 0.510 e. The maximum Gasteiger partial charge on any atom is 0.510 e. The highest BCUT2D eigenvalue weighted by atomic mass is 35.5. The first-order chi connectivity index (χ1) is 14.7. The maximum absolute atomic E-state index is 13.1. The topological polar surface area (TPSA) is 70.1 Å². The summed E-state index contributed by atoms with van der Waals surface area (Å²) in [6.45, 7) is 5.84. The molecule has 1 saturated heterocycles. The van der Waals surface area contributed by atoms with E-state index in [1.54, 1.807) is 35.2 Å². The van der Waals surface area contributed by atoms with Crippen LogP contribution in [0.1, 0.15) is 25.0 Å². The van der Waals surface area contributed by atoms with Gasteiger partial charge in [0, 0.05) is 42.3 Å². The Morgan fingerprint density at radius 1 is 1.19 bits per heavy atom. The number of benzene rings is 2. The van der Waals surface area contributed by atoms with Gasteiger partial charge in [-0.3, -0.25) is 9.69 Å². The Morgan fingerprint density at radius 2 is 1.90 bits per heavy atom. The van der Waals surface area contributed by atoms with Crippen molar-refractivity contribution in [1.29, 1.82) is 0 Å². The van der Waals surface area contributed by atoms with Crippen LogP contribution in [0.2, 0.25) is 5.02 Å². The zero-order chi connectivity index (χ0) is 22.5. The van der Waals surface area contributed by atoms with Crippen molar-refractivity contribution in [2.24, 2.45) is 0 Å². The van der Waals surface area contributed by atoms with Gasteiger partial charge in [0.2, 0.25) is 6.16 Å². The Kier molecular flexibility index (Phi) is 8.00. The number of nitrogens with zero attached hydrogens (tertiary/aromatic N) is 2. The summed E-state index contributed by atoms with van der Waals surface area (Å²) in [6, 6.07) is 11.4. The van der Waals surface area contributed by atoms with Gasteiger partial charge in [-0.2, -0.15) is 4.89 Å². The molecule has 1 heterocycles. The molecule has 1 amide bonds. The normalized spacial score (nSPS) is 19.9. The number of halogens is 2. The summed E-state index contributed by atoms with van der Waals surface area (Å²) in [5.74, 6) is -0.0175. The molecule has 31 heavy (non-hydrogen) atoms. The van der Waals surface area contributed by atoms with Crippen LogP contribution in [-0.2, 0) is 22.1 Å². The highest BCUT2D eigenvalue weighted by Gasteiger charge is 2.32. The van der Waals surface area contributed by atoms with Gasteiger partial charge >= 0.3 is 8.03 Å². The number of hydrogen-bond acceptors (Lipinski definition) is 4. The molecule has 9 heteroatoms. The number of carbonyl (C=O) groups is 1. The predicted octanol–water partition coefficient (Wildman–Crippen LogP) is 4.21. The second kappa shape index (κ2) is 10.5. The molecular formula is C22H26ClFN2O4P+. The fourth-order valence-electron chi connectivity index (χ4n) is 3.77. The summed E-state index contributed by atoms with van der Waals surface area (Å²) in [6.07, 6.45) is -0.0884. The van der Waals surface area contributed by atoms with E-state index in [9.17, 15) is 18.6 Å². The van der Waals surface area contributed by atoms with Crippen LogP contribution in [0.5, 0.6) is 5.75 Å². The van der Waals surface area contributed by atoms with Crippen LogP contribution in [-0.4, -0.2) is 52.4 Å². The molecular weight excluding hydrogens is 442 g/mol. The molecule has 0 saturated carbocycles. The minimum atomic E-state index is -2.40. The molecule has 1 unspecified atom stereocenters. The molecule has 0 bridgehead atoms. The van der Waals surface area contributed by atoms with Crippen LogP contribution in [0.4, 0.5) is 4.39 Å². The van der Waals surface area contributed by atoms with Gasteiger partial charge in [0.15, 0.2) is 6.61 Å². The Hall–Kier alpha value is -2.05. The second-order valence-electron chi connectivity index (χ2n) is 7.85. The predicted molar refractivity (Wildman–Crippen MR) is 118 cm³/mol. The Bertz CT molecular complexity index is 944. The van der Waals surface area contributed by atoms with E-state index in [0.717, 1.165) is 5.56 Å². The van der Waals surface area contributed by atoms with Crippen LogP contribution in [0.25, 0.3) is 0 Å². The lowest BCUT2D eigenvalue weighted by molar-refractivity contribution is -0.139. The van der Waals surface area contributed by atoms with Gasteiger partial charge in [0.05, 0.1) is 0 Å². The van der Waals surface area contributed by atoms with Crippen LogP contribution in [0.15, 0.2) is 42.5 Å². The summed E-state index contributed by atoms with van der Waals surface area (Å²) >= 11 is 5.97. The van der Waals surface area contributed by atoms with E-state index in [4.69, 9.17) is 16.3 Å². The molecule has 1 N–H and O–H groups in total. The molecule has 0 aromatic heterocycles. The summed E-state index contributed by atoms with van der Waals surface area (Å²) < 4.78 is 30.1. The Balaban J connectivity index is 1.59. The molecule has 1 aliphatic rings. The molecule has 3 atom stereocenters. The average molecular weight is 468 g/mol. The smallest absolute Gasteiger partial charge is 0.483 e. The third-order valence-electron chi connectivity index (χ3n) is 5.41. The lowest BCUT2D eigenvalue weighted by atomic mass is 10.1.